The molecule has 20 heavy (non-hydrogen) atoms. The van der Waals surface area contributed by atoms with E-state index in [2.05, 4.69) is 4.72 Å². The molecule has 1 aromatic heterocycles. The largest absolute Gasteiger partial charge is 0.392 e. The number of rotatable bonds is 5. The summed E-state index contributed by atoms with van der Waals surface area (Å²) in [5, 5.41) is 9.21. The van der Waals surface area contributed by atoms with Crippen molar-refractivity contribution >= 4 is 33.0 Å². The van der Waals surface area contributed by atoms with Gasteiger partial charge in [-0.15, -0.1) is 11.3 Å². The van der Waals surface area contributed by atoms with E-state index in [9.17, 15) is 8.42 Å². The summed E-state index contributed by atoms with van der Waals surface area (Å²) in [7, 11) is -3.70. The summed E-state index contributed by atoms with van der Waals surface area (Å²) in [4.78, 5) is 2.04. The molecule has 0 aliphatic carbocycles. The van der Waals surface area contributed by atoms with Gasteiger partial charge in [0, 0.05) is 16.3 Å². The maximum Gasteiger partial charge on any atom is 0.242 e. The highest BCUT2D eigenvalue weighted by molar-refractivity contribution is 7.89. The van der Waals surface area contributed by atoms with E-state index in [0.717, 1.165) is 9.75 Å². The van der Waals surface area contributed by atoms with Gasteiger partial charge in [0.05, 0.1) is 11.6 Å². The lowest BCUT2D eigenvalue weighted by molar-refractivity contribution is 0.281. The lowest BCUT2D eigenvalue weighted by Gasteiger charge is -2.09. The molecule has 0 aliphatic rings. The van der Waals surface area contributed by atoms with Crippen LogP contribution >= 0.6 is 22.9 Å². The van der Waals surface area contributed by atoms with Gasteiger partial charge in [0.2, 0.25) is 10.0 Å². The molecule has 4 nitrogen and oxygen atoms in total. The first-order valence-corrected chi connectivity index (χ1v) is 8.54. The van der Waals surface area contributed by atoms with Gasteiger partial charge in [-0.2, -0.15) is 0 Å². The summed E-state index contributed by atoms with van der Waals surface area (Å²) in [6.45, 7) is 1.95. The second kappa shape index (κ2) is 6.24. The smallest absolute Gasteiger partial charge is 0.242 e. The molecule has 0 saturated heterocycles. The zero-order valence-corrected chi connectivity index (χ0v) is 13.1. The number of benzene rings is 1. The van der Waals surface area contributed by atoms with Crippen LogP contribution in [0, 0.1) is 6.92 Å². The molecule has 0 fully saturated rings. The molecular weight excluding hydrogens is 318 g/mol. The van der Waals surface area contributed by atoms with E-state index in [-0.39, 0.29) is 23.1 Å². The Balaban J connectivity index is 2.21. The quantitative estimate of drug-likeness (QED) is 0.885. The number of hydrogen-bond acceptors (Lipinski definition) is 4. The van der Waals surface area contributed by atoms with Crippen LogP contribution in [0.15, 0.2) is 35.2 Å². The van der Waals surface area contributed by atoms with Gasteiger partial charge in [0.15, 0.2) is 0 Å². The number of halogens is 1. The summed E-state index contributed by atoms with van der Waals surface area (Å²) in [5.74, 6) is 0. The Morgan fingerprint density at radius 1 is 1.30 bits per heavy atom. The van der Waals surface area contributed by atoms with Gasteiger partial charge in [0.25, 0.3) is 0 Å². The summed E-state index contributed by atoms with van der Waals surface area (Å²) < 4.78 is 27.0. The van der Waals surface area contributed by atoms with Crippen LogP contribution in [-0.2, 0) is 23.2 Å². The number of aliphatic hydroxyl groups excluding tert-OH is 1. The number of sulfonamides is 1. The van der Waals surface area contributed by atoms with Crippen molar-refractivity contribution in [2.45, 2.75) is 25.0 Å². The minimum absolute atomic E-state index is 0.0148. The van der Waals surface area contributed by atoms with E-state index in [1.807, 2.05) is 19.1 Å². The van der Waals surface area contributed by atoms with Crippen molar-refractivity contribution in [3.8, 4) is 0 Å². The van der Waals surface area contributed by atoms with Gasteiger partial charge >= 0.3 is 0 Å². The van der Waals surface area contributed by atoms with E-state index in [4.69, 9.17) is 16.7 Å². The molecule has 2 rings (SSSR count). The molecule has 108 valence electrons. The molecule has 0 spiro atoms. The highest BCUT2D eigenvalue weighted by Crippen LogP contribution is 2.23. The number of nitrogens with one attached hydrogen (secondary N) is 1. The second-order valence-corrected chi connectivity index (χ2v) is 7.77. The molecule has 0 bridgehead atoms. The summed E-state index contributed by atoms with van der Waals surface area (Å²) >= 11 is 7.46. The second-order valence-electron chi connectivity index (χ2n) is 4.26. The monoisotopic (exact) mass is 331 g/mol. The molecule has 0 aliphatic heterocycles. The highest BCUT2D eigenvalue weighted by atomic mass is 35.5. The van der Waals surface area contributed by atoms with E-state index in [0.29, 0.717) is 5.56 Å². The molecular formula is C13H14ClNO3S2. The lowest BCUT2D eigenvalue weighted by atomic mass is 10.2. The average molecular weight is 332 g/mol. The maximum absolute atomic E-state index is 12.2. The number of aryl methyl sites for hydroxylation is 1. The van der Waals surface area contributed by atoms with Crippen molar-refractivity contribution in [3.63, 3.8) is 0 Å². The van der Waals surface area contributed by atoms with Crippen LogP contribution in [0.3, 0.4) is 0 Å². The van der Waals surface area contributed by atoms with E-state index >= 15 is 0 Å². The minimum Gasteiger partial charge on any atom is -0.392 e. The Morgan fingerprint density at radius 3 is 2.65 bits per heavy atom. The SMILES string of the molecule is Cc1ccc(CNS(=O)(=O)c2cc(CO)ccc2Cl)s1. The van der Waals surface area contributed by atoms with Crippen molar-refractivity contribution in [3.05, 3.63) is 50.7 Å². The van der Waals surface area contributed by atoms with Crippen LogP contribution in [0.5, 0.6) is 0 Å². The van der Waals surface area contributed by atoms with E-state index in [1.54, 1.807) is 6.07 Å². The summed E-state index contributed by atoms with van der Waals surface area (Å²) in [6.07, 6.45) is 0. The van der Waals surface area contributed by atoms with Crippen molar-refractivity contribution in [2.24, 2.45) is 0 Å². The Kier molecular flexibility index (Phi) is 4.82. The van der Waals surface area contributed by atoms with Crippen LogP contribution in [0.25, 0.3) is 0 Å². The molecule has 2 N–H and O–H groups in total. The first-order chi connectivity index (χ1) is 9.42. The Bertz CT molecular complexity index is 710. The molecule has 7 heteroatoms. The van der Waals surface area contributed by atoms with Gasteiger partial charge < -0.3 is 5.11 Å². The zero-order valence-electron chi connectivity index (χ0n) is 10.8. The fourth-order valence-electron chi connectivity index (χ4n) is 1.68. The third kappa shape index (κ3) is 3.59. The van der Waals surface area contributed by atoms with E-state index < -0.39 is 10.0 Å². The fourth-order valence-corrected chi connectivity index (χ4v) is 4.15. The topological polar surface area (TPSA) is 66.4 Å². The predicted octanol–water partition coefficient (Wildman–Crippen LogP) is 2.68. The fraction of sp³-hybridized carbons (Fsp3) is 0.231. The first-order valence-electron chi connectivity index (χ1n) is 5.86. The van der Waals surface area contributed by atoms with E-state index in [1.165, 1.54) is 23.5 Å². The van der Waals surface area contributed by atoms with Gasteiger partial charge in [0.1, 0.15) is 4.90 Å². The molecule has 0 unspecified atom stereocenters. The van der Waals surface area contributed by atoms with Crippen molar-refractivity contribution < 1.29 is 13.5 Å². The van der Waals surface area contributed by atoms with Gasteiger partial charge in [-0.3, -0.25) is 0 Å². The van der Waals surface area contributed by atoms with Crippen LogP contribution < -0.4 is 4.72 Å². The molecule has 0 radical (unpaired) electrons. The summed E-state index contributed by atoms with van der Waals surface area (Å²) in [5.41, 5.74) is 0.502. The van der Waals surface area contributed by atoms with Crippen LogP contribution in [0.4, 0.5) is 0 Å². The van der Waals surface area contributed by atoms with Gasteiger partial charge in [-0.05, 0) is 36.8 Å². The third-order valence-electron chi connectivity index (χ3n) is 2.70. The van der Waals surface area contributed by atoms with Crippen molar-refractivity contribution in [1.82, 2.24) is 4.72 Å². The Morgan fingerprint density at radius 2 is 2.05 bits per heavy atom. The van der Waals surface area contributed by atoms with Gasteiger partial charge in [-0.25, -0.2) is 13.1 Å². The maximum atomic E-state index is 12.2. The van der Waals surface area contributed by atoms with Crippen LogP contribution in [0.2, 0.25) is 5.02 Å². The third-order valence-corrected chi connectivity index (χ3v) is 5.58. The predicted molar refractivity (Wildman–Crippen MR) is 80.5 cm³/mol. The molecule has 1 heterocycles. The molecule has 0 atom stereocenters. The highest BCUT2D eigenvalue weighted by Gasteiger charge is 2.18. The summed E-state index contributed by atoms with van der Waals surface area (Å²) in [6, 6.07) is 8.26. The lowest BCUT2D eigenvalue weighted by Crippen LogP contribution is -2.23. The minimum atomic E-state index is -3.70. The Labute approximate surface area is 127 Å². The number of aliphatic hydroxyl groups is 1. The first kappa shape index (κ1) is 15.5. The molecule has 2 aromatic rings. The molecule has 0 saturated carbocycles. The average Bonchev–Trinajstić information content (AvgIpc) is 2.83. The van der Waals surface area contributed by atoms with Crippen molar-refractivity contribution in [2.75, 3.05) is 0 Å². The Hall–Kier alpha value is -0.920. The van der Waals surface area contributed by atoms with Crippen LogP contribution in [-0.4, -0.2) is 13.5 Å². The number of thiophene rings is 1. The van der Waals surface area contributed by atoms with Crippen LogP contribution in [0.1, 0.15) is 15.3 Å². The standard InChI is InChI=1S/C13H14ClNO3S2/c1-9-2-4-11(19-9)7-15-20(17,18)13-6-10(8-16)3-5-12(13)14/h2-6,15-16H,7-8H2,1H3. The van der Waals surface area contributed by atoms with Crippen molar-refractivity contribution in [1.29, 1.82) is 0 Å². The van der Waals surface area contributed by atoms with Gasteiger partial charge in [-0.1, -0.05) is 17.7 Å². The normalized spacial score (nSPS) is 11.8. The zero-order chi connectivity index (χ0) is 14.8. The molecule has 1 aromatic carbocycles. The number of hydrogen-bond donors (Lipinski definition) is 2. The molecule has 0 amide bonds.